The van der Waals surface area contributed by atoms with Gasteiger partial charge in [-0.3, -0.25) is 0 Å². The van der Waals surface area contributed by atoms with E-state index in [-0.39, 0.29) is 0 Å². The Labute approximate surface area is 111 Å². The molecule has 0 radical (unpaired) electrons. The molecule has 1 fully saturated rings. The van der Waals surface area contributed by atoms with Gasteiger partial charge < -0.3 is 0 Å². The van der Waals surface area contributed by atoms with Crippen LogP contribution in [0.1, 0.15) is 73.1 Å². The first kappa shape index (κ1) is 15.2. The maximum atomic E-state index is 2.52. The van der Waals surface area contributed by atoms with Gasteiger partial charge >= 0.3 is 0 Å². The molecule has 1 saturated carbocycles. The van der Waals surface area contributed by atoms with Crippen LogP contribution < -0.4 is 0 Å². The van der Waals surface area contributed by atoms with Gasteiger partial charge in [-0.05, 0) is 24.2 Å². The second-order valence-corrected chi connectivity index (χ2v) is 8.64. The molecule has 1 aliphatic rings. The molecule has 17 heavy (non-hydrogen) atoms. The lowest BCUT2D eigenvalue weighted by Crippen LogP contribution is -2.25. The lowest BCUT2D eigenvalue weighted by Gasteiger charge is -2.37. The smallest absolute Gasteiger partial charge is 0.0669 e. The summed E-state index contributed by atoms with van der Waals surface area (Å²) in [6.07, 6.45) is 8.42. The van der Waals surface area contributed by atoms with Gasteiger partial charge in [0.1, 0.15) is 15.7 Å². The molecular weight excluding hydrogens is 202 g/mol. The minimum atomic E-state index is 0.539. The minimum Gasteiger partial charge on any atom is -0.0669 e. The Morgan fingerprint density at radius 2 is 1.00 bits per heavy atom. The first-order valence-electron chi connectivity index (χ1n) is 7.56. The Bertz CT molecular complexity index is 234. The molecule has 0 saturated heterocycles. The van der Waals surface area contributed by atoms with Crippen LogP contribution in [0.15, 0.2) is 0 Å². The summed E-state index contributed by atoms with van der Waals surface area (Å²) in [5.74, 6) is 0.812. The van der Waals surface area contributed by atoms with E-state index in [1.54, 1.807) is 0 Å². The minimum absolute atomic E-state index is 0.539. The summed E-state index contributed by atoms with van der Waals surface area (Å²) < 4.78 is 0. The van der Waals surface area contributed by atoms with Gasteiger partial charge in [-0.25, -0.2) is 0 Å². The molecule has 2 atom stereocenters. The predicted octanol–water partition coefficient (Wildman–Crippen LogP) is 3.63. The Morgan fingerprint density at radius 1 is 0.706 bits per heavy atom. The third-order valence-electron chi connectivity index (χ3n) is 5.62. The molecule has 1 rings (SSSR count). The molecule has 0 spiro atoms. The van der Waals surface area contributed by atoms with E-state index in [9.17, 15) is 0 Å². The van der Waals surface area contributed by atoms with Gasteiger partial charge in [0.2, 0.25) is 0 Å². The van der Waals surface area contributed by atoms with Crippen LogP contribution in [-0.4, -0.2) is 15.7 Å². The van der Waals surface area contributed by atoms with Gasteiger partial charge in [0.15, 0.2) is 0 Å². The molecule has 0 aliphatic heterocycles. The molecule has 0 aromatic heterocycles. The van der Waals surface area contributed by atoms with Crippen molar-refractivity contribution in [1.82, 2.24) is 0 Å². The molecule has 0 heterocycles. The molecule has 2 unspecified atom stereocenters. The van der Waals surface area contributed by atoms with E-state index in [0.717, 1.165) is 5.92 Å². The molecule has 0 nitrogen and oxygen atoms in total. The summed E-state index contributed by atoms with van der Waals surface area (Å²) in [5.41, 5.74) is 0.554. The van der Waals surface area contributed by atoms with Gasteiger partial charge in [-0.15, -0.1) is 0 Å². The topological polar surface area (TPSA) is 0 Å². The van der Waals surface area contributed by atoms with Crippen molar-refractivity contribution >= 4 is 15.7 Å². The zero-order valence-corrected chi connectivity index (χ0v) is 13.3. The van der Waals surface area contributed by atoms with Gasteiger partial charge in [0.05, 0.1) is 0 Å². The molecule has 98 valence electrons. The van der Waals surface area contributed by atoms with Crippen molar-refractivity contribution in [3.8, 4) is 0 Å². The van der Waals surface area contributed by atoms with E-state index in [2.05, 4.69) is 50.3 Å². The summed E-state index contributed by atoms with van der Waals surface area (Å²) in [6, 6.07) is 0. The van der Waals surface area contributed by atoms with Crippen molar-refractivity contribution in [2.75, 3.05) is 0 Å². The van der Waals surface area contributed by atoms with E-state index in [0.29, 0.717) is 16.0 Å². The maximum absolute atomic E-state index is 2.52. The van der Waals surface area contributed by atoms with Crippen LogP contribution in [-0.2, 0) is 0 Å². The van der Waals surface area contributed by atoms with Gasteiger partial charge in [0, 0.05) is 0 Å². The van der Waals surface area contributed by atoms with E-state index in [4.69, 9.17) is 0 Å². The van der Waals surface area contributed by atoms with Crippen molar-refractivity contribution in [3.63, 3.8) is 0 Å². The van der Waals surface area contributed by atoms with Crippen molar-refractivity contribution < 1.29 is 0 Å². The van der Waals surface area contributed by atoms with Gasteiger partial charge in [-0.1, -0.05) is 70.9 Å². The molecule has 0 amide bonds. The van der Waals surface area contributed by atoms with Gasteiger partial charge in [0.25, 0.3) is 0 Å². The summed E-state index contributed by atoms with van der Waals surface area (Å²) in [7, 11) is 4.93. The predicted molar refractivity (Wildman–Crippen MR) is 84.5 cm³/mol. The fraction of sp³-hybridized carbons (Fsp3) is 1.00. The second kappa shape index (κ2) is 5.02. The third kappa shape index (κ3) is 4.38. The first-order valence-corrected chi connectivity index (χ1v) is 7.56. The van der Waals surface area contributed by atoms with E-state index < -0.39 is 0 Å². The quantitative estimate of drug-likeness (QED) is 0.607. The Hall–Kier alpha value is 0.130. The summed E-state index contributed by atoms with van der Waals surface area (Å²) in [4.78, 5) is 0. The highest BCUT2D eigenvalue weighted by Gasteiger charge is 2.35. The maximum Gasteiger partial charge on any atom is 0.109 e. The van der Waals surface area contributed by atoms with Crippen LogP contribution in [0.5, 0.6) is 0 Å². The summed E-state index contributed by atoms with van der Waals surface area (Å²) in [5, 5.41) is 1.08. The molecule has 0 aromatic carbocycles. The Morgan fingerprint density at radius 3 is 1.29 bits per heavy atom. The molecule has 1 aliphatic carbocycles. The second-order valence-electron chi connectivity index (χ2n) is 8.64. The fourth-order valence-electron chi connectivity index (χ4n) is 2.88. The molecule has 0 aromatic rings. The summed E-state index contributed by atoms with van der Waals surface area (Å²) >= 11 is 0. The summed E-state index contributed by atoms with van der Waals surface area (Å²) in [6.45, 7) is 12.3. The Balaban J connectivity index is 2.86. The molecule has 0 N–H and O–H groups in total. The number of hydrogen-bond acceptors (Lipinski definition) is 0. The SMILES string of the molecule is BC1(C)CCC(B)(C)CCC(C)(C(C)C)CC1. The highest BCUT2D eigenvalue weighted by atomic mass is 14.4. The van der Waals surface area contributed by atoms with Gasteiger partial charge in [-0.2, -0.15) is 0 Å². The third-order valence-corrected chi connectivity index (χ3v) is 5.62. The number of hydrogen-bond donors (Lipinski definition) is 0. The van der Waals surface area contributed by atoms with Crippen LogP contribution >= 0.6 is 0 Å². The monoisotopic (exact) mass is 234 g/mol. The molecular formula is C15H32B2. The van der Waals surface area contributed by atoms with Crippen molar-refractivity contribution in [2.24, 2.45) is 11.3 Å². The van der Waals surface area contributed by atoms with Crippen LogP contribution in [0.3, 0.4) is 0 Å². The zero-order valence-electron chi connectivity index (χ0n) is 13.3. The van der Waals surface area contributed by atoms with Crippen molar-refractivity contribution in [1.29, 1.82) is 0 Å². The largest absolute Gasteiger partial charge is 0.109 e. The van der Waals surface area contributed by atoms with Crippen LogP contribution in [0, 0.1) is 11.3 Å². The van der Waals surface area contributed by atoms with Crippen molar-refractivity contribution in [3.05, 3.63) is 0 Å². The van der Waals surface area contributed by atoms with E-state index >= 15 is 0 Å². The standard InChI is InChI=1S/C15H32B2/c1-12(2)13(3)6-8-14(4,16)10-11-15(5,17)9-7-13/h12H,6-11,16-17H2,1-5H3. The molecule has 0 bridgehead atoms. The number of rotatable bonds is 1. The zero-order chi connectivity index (χ0) is 13.3. The highest BCUT2D eigenvalue weighted by Crippen LogP contribution is 2.50. The Kier molecular flexibility index (Phi) is 4.48. The normalized spacial score (nSPS) is 45.1. The first-order chi connectivity index (χ1) is 7.56. The van der Waals surface area contributed by atoms with Crippen LogP contribution in [0.2, 0.25) is 10.6 Å². The molecule has 2 heteroatoms. The lowest BCUT2D eigenvalue weighted by molar-refractivity contribution is 0.164. The average Bonchev–Trinajstić information content (AvgIpc) is 2.24. The van der Waals surface area contributed by atoms with E-state index in [1.807, 2.05) is 0 Å². The highest BCUT2D eigenvalue weighted by molar-refractivity contribution is 6.16. The van der Waals surface area contributed by atoms with Crippen LogP contribution in [0.4, 0.5) is 0 Å². The van der Waals surface area contributed by atoms with E-state index in [1.165, 1.54) is 38.5 Å². The van der Waals surface area contributed by atoms with Crippen molar-refractivity contribution in [2.45, 2.75) is 83.8 Å². The average molecular weight is 234 g/mol. The fourth-order valence-corrected chi connectivity index (χ4v) is 2.88. The van der Waals surface area contributed by atoms with Crippen LogP contribution in [0.25, 0.3) is 0 Å². The lowest BCUT2D eigenvalue weighted by atomic mass is 9.59.